The summed E-state index contributed by atoms with van der Waals surface area (Å²) in [6.07, 6.45) is 0.536. The first kappa shape index (κ1) is 25.4. The number of hydrogen-bond acceptors (Lipinski definition) is 7. The van der Waals surface area contributed by atoms with Crippen molar-refractivity contribution >= 4 is 17.4 Å². The number of aliphatic hydroxyl groups is 1. The molecule has 0 aliphatic carbocycles. The topological polar surface area (TPSA) is 94.5 Å². The van der Waals surface area contributed by atoms with E-state index in [9.17, 15) is 14.7 Å². The van der Waals surface area contributed by atoms with Crippen LogP contribution < -0.4 is 14.2 Å². The minimum absolute atomic E-state index is 0.0179. The molecular weight excluding hydrogens is 486 g/mol. The van der Waals surface area contributed by atoms with Gasteiger partial charge in [0.1, 0.15) is 31.3 Å². The fraction of sp³-hybridized carbons (Fsp3) is 0.267. The number of amides is 1. The lowest BCUT2D eigenvalue weighted by Gasteiger charge is -2.26. The molecule has 1 atom stereocenters. The highest BCUT2D eigenvalue weighted by Gasteiger charge is 2.46. The van der Waals surface area contributed by atoms with E-state index in [0.717, 1.165) is 5.56 Å². The van der Waals surface area contributed by atoms with Gasteiger partial charge in [-0.1, -0.05) is 42.5 Å². The highest BCUT2D eigenvalue weighted by atomic mass is 16.6. The molecule has 0 spiro atoms. The van der Waals surface area contributed by atoms with Crippen LogP contribution in [0.5, 0.6) is 17.2 Å². The van der Waals surface area contributed by atoms with Crippen molar-refractivity contribution in [2.24, 2.45) is 0 Å². The van der Waals surface area contributed by atoms with E-state index in [2.05, 4.69) is 0 Å². The third kappa shape index (κ3) is 5.21. The molecule has 0 bridgehead atoms. The van der Waals surface area contributed by atoms with Gasteiger partial charge in [-0.2, -0.15) is 0 Å². The van der Waals surface area contributed by atoms with Crippen molar-refractivity contribution in [2.45, 2.75) is 19.1 Å². The Balaban J connectivity index is 1.52. The van der Waals surface area contributed by atoms with Crippen LogP contribution in [0.15, 0.2) is 78.4 Å². The second kappa shape index (κ2) is 11.4. The Hall–Kier alpha value is -4.30. The third-order valence-electron chi connectivity index (χ3n) is 6.53. The van der Waals surface area contributed by atoms with E-state index in [4.69, 9.17) is 18.9 Å². The van der Waals surface area contributed by atoms with Crippen LogP contribution >= 0.6 is 0 Å². The number of ketones is 1. The molecule has 2 aliphatic rings. The van der Waals surface area contributed by atoms with Crippen LogP contribution in [0.25, 0.3) is 5.76 Å². The largest absolute Gasteiger partial charge is 0.507 e. The average molecular weight is 516 g/mol. The van der Waals surface area contributed by atoms with Crippen LogP contribution in [0.4, 0.5) is 0 Å². The molecular formula is C30H29NO7. The quantitative estimate of drug-likeness (QED) is 0.194. The van der Waals surface area contributed by atoms with E-state index in [1.807, 2.05) is 48.5 Å². The average Bonchev–Trinajstić information content (AvgIpc) is 3.21. The number of ether oxygens (including phenoxy) is 4. The van der Waals surface area contributed by atoms with E-state index in [1.165, 1.54) is 4.90 Å². The highest BCUT2D eigenvalue weighted by molar-refractivity contribution is 6.46. The van der Waals surface area contributed by atoms with Crippen molar-refractivity contribution in [1.82, 2.24) is 4.90 Å². The first-order valence-corrected chi connectivity index (χ1v) is 12.5. The van der Waals surface area contributed by atoms with Crippen LogP contribution in [0.2, 0.25) is 0 Å². The van der Waals surface area contributed by atoms with Gasteiger partial charge in [0.05, 0.1) is 11.6 Å². The van der Waals surface area contributed by atoms with Crippen molar-refractivity contribution < 1.29 is 33.6 Å². The molecule has 0 radical (unpaired) electrons. The second-order valence-electron chi connectivity index (χ2n) is 9.04. The molecule has 38 heavy (non-hydrogen) atoms. The first-order valence-electron chi connectivity index (χ1n) is 12.5. The number of benzene rings is 3. The van der Waals surface area contributed by atoms with E-state index >= 15 is 0 Å². The zero-order valence-corrected chi connectivity index (χ0v) is 21.1. The van der Waals surface area contributed by atoms with Gasteiger partial charge in [-0.3, -0.25) is 9.59 Å². The van der Waals surface area contributed by atoms with Gasteiger partial charge in [-0.15, -0.1) is 0 Å². The number of rotatable bonds is 9. The zero-order chi connectivity index (χ0) is 26.5. The number of methoxy groups -OCH3 is 1. The normalized spacial score (nSPS) is 18.0. The molecule has 3 aromatic carbocycles. The molecule has 8 heteroatoms. The van der Waals surface area contributed by atoms with Gasteiger partial charge in [0.25, 0.3) is 11.7 Å². The maximum absolute atomic E-state index is 13.3. The summed E-state index contributed by atoms with van der Waals surface area (Å²) >= 11 is 0. The Morgan fingerprint density at radius 1 is 0.974 bits per heavy atom. The summed E-state index contributed by atoms with van der Waals surface area (Å²) < 4.78 is 22.4. The van der Waals surface area contributed by atoms with Crippen LogP contribution in [0, 0.1) is 0 Å². The van der Waals surface area contributed by atoms with Gasteiger partial charge < -0.3 is 29.0 Å². The van der Waals surface area contributed by atoms with Crippen molar-refractivity contribution in [2.75, 3.05) is 33.5 Å². The van der Waals surface area contributed by atoms with Gasteiger partial charge in [0.15, 0.2) is 11.5 Å². The predicted octanol–water partition coefficient (Wildman–Crippen LogP) is 4.50. The molecule has 1 fully saturated rings. The number of Topliss-reactive ketones (excluding diaryl/α,β-unsaturated/α-hetero) is 1. The Morgan fingerprint density at radius 3 is 2.55 bits per heavy atom. The Morgan fingerprint density at radius 2 is 1.76 bits per heavy atom. The maximum Gasteiger partial charge on any atom is 0.295 e. The second-order valence-corrected chi connectivity index (χ2v) is 9.04. The molecule has 0 aromatic heterocycles. The molecule has 1 saturated heterocycles. The predicted molar refractivity (Wildman–Crippen MR) is 140 cm³/mol. The van der Waals surface area contributed by atoms with Crippen molar-refractivity contribution in [3.8, 4) is 17.2 Å². The summed E-state index contributed by atoms with van der Waals surface area (Å²) in [6, 6.07) is 21.2. The first-order chi connectivity index (χ1) is 18.6. The third-order valence-corrected chi connectivity index (χ3v) is 6.53. The fourth-order valence-corrected chi connectivity index (χ4v) is 4.70. The molecule has 5 rings (SSSR count). The van der Waals surface area contributed by atoms with Crippen molar-refractivity contribution in [3.63, 3.8) is 0 Å². The smallest absolute Gasteiger partial charge is 0.295 e. The summed E-state index contributed by atoms with van der Waals surface area (Å²) in [7, 11) is 1.58. The summed E-state index contributed by atoms with van der Waals surface area (Å²) in [6.45, 7) is 1.91. The lowest BCUT2D eigenvalue weighted by Crippen LogP contribution is -2.31. The van der Waals surface area contributed by atoms with Gasteiger partial charge in [0, 0.05) is 25.8 Å². The van der Waals surface area contributed by atoms with Gasteiger partial charge >= 0.3 is 0 Å². The Bertz CT molecular complexity index is 1350. The van der Waals surface area contributed by atoms with E-state index in [-0.39, 0.29) is 17.9 Å². The molecule has 2 aliphatic heterocycles. The van der Waals surface area contributed by atoms with Crippen molar-refractivity contribution in [3.05, 3.63) is 95.1 Å². The molecule has 1 unspecified atom stereocenters. The Kier molecular flexibility index (Phi) is 7.60. The summed E-state index contributed by atoms with van der Waals surface area (Å²) in [5.74, 6) is -0.0466. The number of aliphatic hydroxyl groups excluding tert-OH is 1. The molecule has 1 N–H and O–H groups in total. The molecule has 0 saturated carbocycles. The number of nitrogens with zero attached hydrogens (tertiary/aromatic N) is 1. The van der Waals surface area contributed by atoms with Crippen LogP contribution in [0.3, 0.4) is 0 Å². The maximum atomic E-state index is 13.3. The number of hydrogen-bond donors (Lipinski definition) is 1. The van der Waals surface area contributed by atoms with E-state index in [0.29, 0.717) is 61.2 Å². The monoisotopic (exact) mass is 515 g/mol. The minimum Gasteiger partial charge on any atom is -0.507 e. The molecule has 2 heterocycles. The van der Waals surface area contributed by atoms with E-state index in [1.54, 1.807) is 31.4 Å². The van der Waals surface area contributed by atoms with Crippen LogP contribution in [0.1, 0.15) is 29.2 Å². The number of likely N-dealkylation sites (tertiary alicyclic amines) is 1. The van der Waals surface area contributed by atoms with Gasteiger partial charge in [0.2, 0.25) is 0 Å². The molecule has 196 valence electrons. The lowest BCUT2D eigenvalue weighted by molar-refractivity contribution is -0.140. The summed E-state index contributed by atoms with van der Waals surface area (Å²) in [5, 5.41) is 11.4. The lowest BCUT2D eigenvalue weighted by atomic mass is 9.95. The van der Waals surface area contributed by atoms with E-state index < -0.39 is 17.7 Å². The number of carbonyl (C=O) groups excluding carboxylic acids is 2. The Labute approximate surface area is 221 Å². The molecule has 3 aromatic rings. The van der Waals surface area contributed by atoms with Crippen LogP contribution in [-0.4, -0.2) is 55.2 Å². The highest BCUT2D eigenvalue weighted by Crippen LogP contribution is 2.41. The number of carbonyl (C=O) groups is 2. The SMILES string of the molecule is COCCCN1C(=O)C(=O)C(=C(O)c2ccc3c(c2)OCCO3)C1c1cccc(OCc2ccccc2)c1. The summed E-state index contributed by atoms with van der Waals surface area (Å²) in [5.41, 5.74) is 2.06. The van der Waals surface area contributed by atoms with Gasteiger partial charge in [-0.25, -0.2) is 0 Å². The van der Waals surface area contributed by atoms with Crippen molar-refractivity contribution in [1.29, 1.82) is 0 Å². The van der Waals surface area contributed by atoms with Crippen LogP contribution in [-0.2, 0) is 20.9 Å². The fourth-order valence-electron chi connectivity index (χ4n) is 4.70. The molecule has 8 nitrogen and oxygen atoms in total. The minimum atomic E-state index is -0.791. The number of fused-ring (bicyclic) bond motifs is 1. The standard InChI is InChI=1S/C30H29NO7/c1-35-14-6-13-31-27(21-9-5-10-23(17-21)38-19-20-7-3-2-4-8-20)26(29(33)30(31)34)28(32)22-11-12-24-25(18-22)37-16-15-36-24/h2-5,7-12,17-18,27,32H,6,13-16,19H2,1H3. The van der Waals surface area contributed by atoms with Gasteiger partial charge in [-0.05, 0) is 47.9 Å². The zero-order valence-electron chi connectivity index (χ0n) is 21.1. The summed E-state index contributed by atoms with van der Waals surface area (Å²) in [4.78, 5) is 28.0. The molecule has 1 amide bonds.